The molecular formula is C19H27IN4O5. The molecule has 29 heavy (non-hydrogen) atoms. The van der Waals surface area contributed by atoms with E-state index in [2.05, 4.69) is 20.9 Å². The second kappa shape index (κ2) is 12.8. The quantitative estimate of drug-likeness (QED) is 0.265. The van der Waals surface area contributed by atoms with Gasteiger partial charge in [0.25, 0.3) is 0 Å². The molecule has 10 heteroatoms. The highest BCUT2D eigenvalue weighted by atomic mass is 127. The van der Waals surface area contributed by atoms with Crippen LogP contribution in [-0.4, -0.2) is 46.8 Å². The number of halogens is 1. The highest BCUT2D eigenvalue weighted by molar-refractivity contribution is 14.0. The maximum absolute atomic E-state index is 11.9. The van der Waals surface area contributed by atoms with Gasteiger partial charge in [0.2, 0.25) is 11.7 Å². The number of benzene rings is 1. The lowest BCUT2D eigenvalue weighted by atomic mass is 10.2. The molecule has 0 radical (unpaired) electrons. The molecule has 0 saturated carbocycles. The van der Waals surface area contributed by atoms with Crippen molar-refractivity contribution in [2.45, 2.75) is 13.1 Å². The normalized spacial score (nSPS) is 10.6. The number of nitrogens with one attached hydrogen (secondary N) is 3. The summed E-state index contributed by atoms with van der Waals surface area (Å²) in [6.45, 7) is 0.866. The summed E-state index contributed by atoms with van der Waals surface area (Å²) in [6.07, 6.45) is 1.56. The van der Waals surface area contributed by atoms with E-state index in [-0.39, 0.29) is 36.4 Å². The van der Waals surface area contributed by atoms with Crippen LogP contribution in [0.4, 0.5) is 0 Å². The summed E-state index contributed by atoms with van der Waals surface area (Å²) in [4.78, 5) is 16.0. The molecule has 0 fully saturated rings. The van der Waals surface area contributed by atoms with Crippen LogP contribution in [0.3, 0.4) is 0 Å². The number of guanidine groups is 1. The molecule has 1 aromatic carbocycles. The minimum absolute atomic E-state index is 0. The van der Waals surface area contributed by atoms with Gasteiger partial charge in [0.1, 0.15) is 5.76 Å². The number of nitrogens with zero attached hydrogens (tertiary/aromatic N) is 1. The third-order valence-corrected chi connectivity index (χ3v) is 3.86. The molecule has 0 bridgehead atoms. The number of carbonyl (C=O) groups excluding carboxylic acids is 1. The number of hydrogen-bond acceptors (Lipinski definition) is 6. The van der Waals surface area contributed by atoms with Gasteiger partial charge >= 0.3 is 0 Å². The van der Waals surface area contributed by atoms with Crippen LogP contribution in [-0.2, 0) is 17.9 Å². The van der Waals surface area contributed by atoms with E-state index in [1.165, 1.54) is 0 Å². The third kappa shape index (κ3) is 7.37. The largest absolute Gasteiger partial charge is 0.493 e. The van der Waals surface area contributed by atoms with Gasteiger partial charge in [-0.1, -0.05) is 0 Å². The molecular weight excluding hydrogens is 491 g/mol. The number of amides is 1. The molecule has 160 valence electrons. The minimum Gasteiger partial charge on any atom is -0.493 e. The van der Waals surface area contributed by atoms with Crippen molar-refractivity contribution in [3.63, 3.8) is 0 Å². The lowest BCUT2D eigenvalue weighted by Crippen LogP contribution is -2.42. The monoisotopic (exact) mass is 518 g/mol. The SMILES string of the molecule is CN=C(NCC(=O)NCc1ccco1)NCc1cc(OC)c(OC)c(OC)c1.I. The molecule has 0 saturated heterocycles. The van der Waals surface area contributed by atoms with Crippen molar-refractivity contribution in [1.82, 2.24) is 16.0 Å². The number of methoxy groups -OCH3 is 3. The third-order valence-electron chi connectivity index (χ3n) is 3.86. The highest BCUT2D eigenvalue weighted by Crippen LogP contribution is 2.38. The predicted molar refractivity (Wildman–Crippen MR) is 120 cm³/mol. The standard InChI is InChI=1S/C19H26N4O5.HI/c1-20-19(23-12-17(24)21-11-14-6-5-7-28-14)22-10-13-8-15(25-2)18(27-4)16(9-13)26-3;/h5-9H,10-12H2,1-4H3,(H,21,24)(H2,20,22,23);1H. The molecule has 1 amide bonds. The molecule has 1 aromatic heterocycles. The molecule has 0 atom stereocenters. The second-order valence-corrected chi connectivity index (χ2v) is 5.67. The van der Waals surface area contributed by atoms with Crippen LogP contribution in [0.2, 0.25) is 0 Å². The first-order valence-corrected chi connectivity index (χ1v) is 8.63. The molecule has 0 unspecified atom stereocenters. The van der Waals surface area contributed by atoms with Gasteiger partial charge in [-0.15, -0.1) is 24.0 Å². The summed E-state index contributed by atoms with van der Waals surface area (Å²) in [5.41, 5.74) is 0.903. The number of rotatable bonds is 9. The Labute approximate surface area is 187 Å². The molecule has 1 heterocycles. The topological polar surface area (TPSA) is 106 Å². The predicted octanol–water partition coefficient (Wildman–Crippen LogP) is 1.90. The Morgan fingerprint density at radius 3 is 2.24 bits per heavy atom. The van der Waals surface area contributed by atoms with Crippen LogP contribution in [0.25, 0.3) is 0 Å². The summed E-state index contributed by atoms with van der Waals surface area (Å²) in [5, 5.41) is 8.85. The summed E-state index contributed by atoms with van der Waals surface area (Å²) in [7, 11) is 6.32. The second-order valence-electron chi connectivity index (χ2n) is 5.67. The smallest absolute Gasteiger partial charge is 0.239 e. The van der Waals surface area contributed by atoms with Crippen molar-refractivity contribution in [2.24, 2.45) is 4.99 Å². The molecule has 0 aliphatic heterocycles. The molecule has 9 nitrogen and oxygen atoms in total. The number of furan rings is 1. The van der Waals surface area contributed by atoms with Crippen molar-refractivity contribution in [3.05, 3.63) is 41.9 Å². The molecule has 0 aliphatic carbocycles. The summed E-state index contributed by atoms with van der Waals surface area (Å²) >= 11 is 0. The molecule has 2 aromatic rings. The van der Waals surface area contributed by atoms with Crippen molar-refractivity contribution in [3.8, 4) is 17.2 Å². The Balaban J connectivity index is 0.00000420. The Bertz CT molecular complexity index is 771. The lowest BCUT2D eigenvalue weighted by Gasteiger charge is -2.16. The van der Waals surface area contributed by atoms with Gasteiger partial charge in [-0.2, -0.15) is 0 Å². The van der Waals surface area contributed by atoms with Crippen LogP contribution >= 0.6 is 24.0 Å². The fourth-order valence-corrected chi connectivity index (χ4v) is 2.47. The fourth-order valence-electron chi connectivity index (χ4n) is 2.47. The van der Waals surface area contributed by atoms with Crippen LogP contribution in [0.1, 0.15) is 11.3 Å². The first-order valence-electron chi connectivity index (χ1n) is 8.63. The maximum Gasteiger partial charge on any atom is 0.239 e. The Morgan fingerprint density at radius 1 is 1.03 bits per heavy atom. The Hall–Kier alpha value is -2.63. The zero-order valence-electron chi connectivity index (χ0n) is 16.9. The first-order chi connectivity index (χ1) is 13.6. The van der Waals surface area contributed by atoms with E-state index < -0.39 is 0 Å². The van der Waals surface area contributed by atoms with Crippen LogP contribution in [0.5, 0.6) is 17.2 Å². The average molecular weight is 518 g/mol. The van der Waals surface area contributed by atoms with Gasteiger partial charge in [-0.3, -0.25) is 9.79 Å². The summed E-state index contributed by atoms with van der Waals surface area (Å²) < 4.78 is 21.2. The van der Waals surface area contributed by atoms with Gasteiger partial charge < -0.3 is 34.6 Å². The van der Waals surface area contributed by atoms with Crippen LogP contribution in [0, 0.1) is 0 Å². The van der Waals surface area contributed by atoms with E-state index in [1.807, 2.05) is 12.1 Å². The number of carbonyl (C=O) groups is 1. The van der Waals surface area contributed by atoms with E-state index in [9.17, 15) is 4.79 Å². The average Bonchev–Trinajstić information content (AvgIpc) is 3.25. The minimum atomic E-state index is -0.174. The van der Waals surface area contributed by atoms with Crippen molar-refractivity contribution in [1.29, 1.82) is 0 Å². The van der Waals surface area contributed by atoms with Crippen LogP contribution < -0.4 is 30.2 Å². The van der Waals surface area contributed by atoms with Crippen molar-refractivity contribution in [2.75, 3.05) is 34.9 Å². The number of hydrogen-bond donors (Lipinski definition) is 3. The van der Waals surface area contributed by atoms with Gasteiger partial charge in [-0.25, -0.2) is 0 Å². The van der Waals surface area contributed by atoms with Gasteiger partial charge in [0, 0.05) is 13.6 Å². The summed E-state index contributed by atoms with van der Waals surface area (Å²) in [6, 6.07) is 7.26. The lowest BCUT2D eigenvalue weighted by molar-refractivity contribution is -0.120. The zero-order chi connectivity index (χ0) is 20.4. The van der Waals surface area contributed by atoms with E-state index in [1.54, 1.807) is 46.8 Å². The molecule has 2 rings (SSSR count). The van der Waals surface area contributed by atoms with Gasteiger partial charge in [0.05, 0.1) is 40.7 Å². The van der Waals surface area contributed by atoms with E-state index in [4.69, 9.17) is 18.6 Å². The van der Waals surface area contributed by atoms with E-state index in [0.29, 0.717) is 42.1 Å². The zero-order valence-corrected chi connectivity index (χ0v) is 19.2. The summed E-state index contributed by atoms with van der Waals surface area (Å²) in [5.74, 6) is 2.68. The van der Waals surface area contributed by atoms with Crippen molar-refractivity contribution >= 4 is 35.8 Å². The maximum atomic E-state index is 11.9. The highest BCUT2D eigenvalue weighted by Gasteiger charge is 2.13. The molecule has 0 aliphatic rings. The van der Waals surface area contributed by atoms with Gasteiger partial charge in [0.15, 0.2) is 17.5 Å². The Kier molecular flexibility index (Phi) is 10.7. The van der Waals surface area contributed by atoms with E-state index >= 15 is 0 Å². The number of aliphatic imine (C=N–C) groups is 1. The van der Waals surface area contributed by atoms with E-state index in [0.717, 1.165) is 5.56 Å². The first kappa shape index (κ1) is 24.4. The van der Waals surface area contributed by atoms with Crippen molar-refractivity contribution < 1.29 is 23.4 Å². The fraction of sp³-hybridized carbons (Fsp3) is 0.368. The van der Waals surface area contributed by atoms with Crippen LogP contribution in [0.15, 0.2) is 39.9 Å². The Morgan fingerprint density at radius 2 is 1.72 bits per heavy atom. The molecule has 3 N–H and O–H groups in total. The molecule has 0 spiro atoms. The van der Waals surface area contributed by atoms with Gasteiger partial charge in [-0.05, 0) is 29.8 Å². The number of ether oxygens (including phenoxy) is 3.